The summed E-state index contributed by atoms with van der Waals surface area (Å²) in [6.07, 6.45) is 0.967. The largest absolute Gasteiger partial charge is 0.481 e. The molecular weight excluding hydrogens is 536 g/mol. The minimum atomic E-state index is -1.54. The van der Waals surface area contributed by atoms with Crippen molar-refractivity contribution in [3.63, 3.8) is 0 Å². The smallest absolute Gasteiger partial charge is 0.326 e. The molecule has 0 fully saturated rings. The second-order valence-electron chi connectivity index (χ2n) is 9.94. The van der Waals surface area contributed by atoms with Gasteiger partial charge in [-0.25, -0.2) is 4.79 Å². The van der Waals surface area contributed by atoms with Crippen molar-refractivity contribution in [2.24, 2.45) is 17.4 Å². The lowest BCUT2D eigenvalue weighted by Gasteiger charge is -2.28. The van der Waals surface area contributed by atoms with E-state index in [1.165, 1.54) is 0 Å². The summed E-state index contributed by atoms with van der Waals surface area (Å²) in [5, 5.41) is 26.5. The molecule has 0 radical (unpaired) electrons. The summed E-state index contributed by atoms with van der Waals surface area (Å²) in [4.78, 5) is 76.2. The number of rotatable bonds is 17. The van der Waals surface area contributed by atoms with Crippen LogP contribution in [0.5, 0.6) is 0 Å². The van der Waals surface area contributed by atoms with Gasteiger partial charge < -0.3 is 42.6 Å². The Hall–Kier alpha value is -4.46. The van der Waals surface area contributed by atoms with Crippen LogP contribution in [-0.4, -0.2) is 74.9 Å². The van der Waals surface area contributed by atoms with Gasteiger partial charge in [-0.3, -0.25) is 24.0 Å². The van der Waals surface area contributed by atoms with Crippen LogP contribution in [0, 0.1) is 5.92 Å². The second-order valence-corrected chi connectivity index (χ2v) is 9.94. The van der Waals surface area contributed by atoms with Crippen molar-refractivity contribution in [2.45, 2.75) is 76.5 Å². The van der Waals surface area contributed by atoms with Crippen molar-refractivity contribution in [2.75, 3.05) is 0 Å². The van der Waals surface area contributed by atoms with Gasteiger partial charge in [-0.05, 0) is 36.8 Å². The zero-order valence-corrected chi connectivity index (χ0v) is 23.0. The average Bonchev–Trinajstić information content (AvgIpc) is 3.33. The molecule has 224 valence electrons. The number of aliphatic carboxylic acids is 2. The van der Waals surface area contributed by atoms with Crippen LogP contribution >= 0.6 is 0 Å². The Kier molecular flexibility index (Phi) is 12.3. The summed E-state index contributed by atoms with van der Waals surface area (Å²) in [7, 11) is 0. The predicted octanol–water partition coefficient (Wildman–Crippen LogP) is -0.247. The van der Waals surface area contributed by atoms with Crippen molar-refractivity contribution in [1.29, 1.82) is 0 Å². The van der Waals surface area contributed by atoms with E-state index in [9.17, 15) is 33.9 Å². The summed E-state index contributed by atoms with van der Waals surface area (Å²) in [5.74, 6) is -6.13. The van der Waals surface area contributed by atoms with E-state index in [-0.39, 0.29) is 25.2 Å². The van der Waals surface area contributed by atoms with Crippen molar-refractivity contribution < 1.29 is 39.0 Å². The molecule has 1 aromatic carbocycles. The highest BCUT2D eigenvalue weighted by molar-refractivity contribution is 5.95. The normalized spacial score (nSPS) is 14.7. The van der Waals surface area contributed by atoms with Crippen LogP contribution in [0.3, 0.4) is 0 Å². The lowest BCUT2D eigenvalue weighted by molar-refractivity contribution is -0.143. The number of aromatic nitrogens is 1. The van der Waals surface area contributed by atoms with Crippen LogP contribution < -0.4 is 27.4 Å². The van der Waals surface area contributed by atoms with Gasteiger partial charge in [0.2, 0.25) is 23.6 Å². The number of primary amides is 1. The van der Waals surface area contributed by atoms with E-state index < -0.39 is 72.6 Å². The molecule has 0 saturated carbocycles. The molecule has 0 bridgehead atoms. The Labute approximate surface area is 236 Å². The van der Waals surface area contributed by atoms with E-state index in [0.717, 1.165) is 16.5 Å². The molecule has 2 rings (SSSR count). The van der Waals surface area contributed by atoms with Gasteiger partial charge >= 0.3 is 11.9 Å². The van der Waals surface area contributed by atoms with Crippen LogP contribution in [0.1, 0.15) is 51.5 Å². The third kappa shape index (κ3) is 9.90. The topological polar surface area (TPSA) is 247 Å². The number of amides is 4. The highest BCUT2D eigenvalue weighted by Crippen LogP contribution is 2.19. The molecule has 5 unspecified atom stereocenters. The molecule has 0 aliphatic heterocycles. The fourth-order valence-corrected chi connectivity index (χ4v) is 4.21. The Morgan fingerprint density at radius 3 is 2.15 bits per heavy atom. The third-order valence-corrected chi connectivity index (χ3v) is 6.82. The van der Waals surface area contributed by atoms with Crippen LogP contribution in [0.15, 0.2) is 30.5 Å². The first-order chi connectivity index (χ1) is 19.3. The molecule has 2 aromatic rings. The van der Waals surface area contributed by atoms with Crippen molar-refractivity contribution in [3.05, 3.63) is 36.0 Å². The molecule has 0 spiro atoms. The van der Waals surface area contributed by atoms with E-state index in [4.69, 9.17) is 16.6 Å². The van der Waals surface area contributed by atoms with Gasteiger partial charge in [0, 0.05) is 29.9 Å². The number of carbonyl (C=O) groups is 6. The Balaban J connectivity index is 2.16. The third-order valence-electron chi connectivity index (χ3n) is 6.82. The Morgan fingerprint density at radius 2 is 1.54 bits per heavy atom. The molecule has 1 aromatic heterocycles. The molecule has 1 heterocycles. The fourth-order valence-electron chi connectivity index (χ4n) is 4.21. The standard InChI is InChI=1S/C27H38N6O8/c1-3-14(2)23(33-24(37)17(28)12-15-13-30-18-7-5-4-6-16(15)18)26(39)31-19(8-10-21(29)34)25(38)32-20(27(40)41)9-11-22(35)36/h4-7,13-14,17,19-20,23,30H,3,8-12,28H2,1-2H3,(H2,29,34)(H,31,39)(H,32,38)(H,33,37)(H,35,36)(H,40,41). The monoisotopic (exact) mass is 574 g/mol. The molecule has 0 aliphatic rings. The lowest BCUT2D eigenvalue weighted by Crippen LogP contribution is -2.58. The number of carboxylic acids is 2. The number of carboxylic acid groups (broad SMARTS) is 2. The summed E-state index contributed by atoms with van der Waals surface area (Å²) in [5.41, 5.74) is 13.1. The molecule has 14 heteroatoms. The first kappa shape index (κ1) is 32.8. The maximum absolute atomic E-state index is 13.3. The molecule has 0 saturated heterocycles. The minimum absolute atomic E-state index is 0.196. The number of nitrogens with two attached hydrogens (primary N) is 2. The van der Waals surface area contributed by atoms with E-state index in [1.54, 1.807) is 20.0 Å². The summed E-state index contributed by atoms with van der Waals surface area (Å²) >= 11 is 0. The van der Waals surface area contributed by atoms with Gasteiger partial charge in [-0.2, -0.15) is 0 Å². The maximum atomic E-state index is 13.3. The lowest BCUT2D eigenvalue weighted by atomic mass is 9.96. The van der Waals surface area contributed by atoms with Crippen LogP contribution in [0.25, 0.3) is 10.9 Å². The van der Waals surface area contributed by atoms with Crippen molar-refractivity contribution >= 4 is 46.5 Å². The van der Waals surface area contributed by atoms with E-state index in [0.29, 0.717) is 6.42 Å². The van der Waals surface area contributed by atoms with Crippen LogP contribution in [0.4, 0.5) is 0 Å². The quantitative estimate of drug-likeness (QED) is 0.124. The van der Waals surface area contributed by atoms with Crippen LogP contribution in [-0.2, 0) is 35.2 Å². The van der Waals surface area contributed by atoms with Gasteiger partial charge in [0.05, 0.1) is 6.04 Å². The number of benzene rings is 1. The average molecular weight is 575 g/mol. The second kappa shape index (κ2) is 15.4. The molecular formula is C27H38N6O8. The number of H-pyrrole nitrogens is 1. The van der Waals surface area contributed by atoms with E-state index in [1.807, 2.05) is 24.3 Å². The zero-order valence-electron chi connectivity index (χ0n) is 23.0. The Morgan fingerprint density at radius 1 is 0.902 bits per heavy atom. The number of carbonyl (C=O) groups excluding carboxylic acids is 4. The molecule has 41 heavy (non-hydrogen) atoms. The molecule has 14 nitrogen and oxygen atoms in total. The van der Waals surface area contributed by atoms with Gasteiger partial charge in [-0.1, -0.05) is 38.5 Å². The van der Waals surface area contributed by atoms with E-state index in [2.05, 4.69) is 20.9 Å². The van der Waals surface area contributed by atoms with Gasteiger partial charge in [0.25, 0.3) is 0 Å². The van der Waals surface area contributed by atoms with Gasteiger partial charge in [0.1, 0.15) is 18.1 Å². The summed E-state index contributed by atoms with van der Waals surface area (Å²) in [6, 6.07) is 2.51. The zero-order chi connectivity index (χ0) is 30.7. The number of aromatic amines is 1. The maximum Gasteiger partial charge on any atom is 0.326 e. The highest BCUT2D eigenvalue weighted by atomic mass is 16.4. The molecule has 10 N–H and O–H groups in total. The fraction of sp³-hybridized carbons (Fsp3) is 0.481. The number of para-hydroxylation sites is 1. The molecule has 0 aliphatic carbocycles. The number of hydrogen-bond acceptors (Lipinski definition) is 7. The number of fused-ring (bicyclic) bond motifs is 1. The van der Waals surface area contributed by atoms with Crippen molar-refractivity contribution in [3.8, 4) is 0 Å². The first-order valence-corrected chi connectivity index (χ1v) is 13.3. The Bertz CT molecular complexity index is 1260. The number of nitrogens with one attached hydrogen (secondary N) is 4. The van der Waals surface area contributed by atoms with E-state index >= 15 is 0 Å². The summed E-state index contributed by atoms with van der Waals surface area (Å²) < 4.78 is 0. The first-order valence-electron chi connectivity index (χ1n) is 13.3. The predicted molar refractivity (Wildman–Crippen MR) is 148 cm³/mol. The number of hydrogen-bond donors (Lipinski definition) is 8. The van der Waals surface area contributed by atoms with Crippen LogP contribution in [0.2, 0.25) is 0 Å². The SMILES string of the molecule is CCC(C)C(NC(=O)C(N)Cc1c[nH]c2ccccc12)C(=O)NC(CCC(N)=O)C(=O)NC(CCC(=O)O)C(=O)O. The highest BCUT2D eigenvalue weighted by Gasteiger charge is 2.33. The van der Waals surface area contributed by atoms with Gasteiger partial charge in [-0.15, -0.1) is 0 Å². The molecule has 4 amide bonds. The summed E-state index contributed by atoms with van der Waals surface area (Å²) in [6.45, 7) is 3.53. The minimum Gasteiger partial charge on any atom is -0.481 e. The van der Waals surface area contributed by atoms with Gasteiger partial charge in [0.15, 0.2) is 0 Å². The molecule has 5 atom stereocenters. The van der Waals surface area contributed by atoms with Crippen molar-refractivity contribution in [1.82, 2.24) is 20.9 Å².